The predicted octanol–water partition coefficient (Wildman–Crippen LogP) is 0.542. The van der Waals surface area contributed by atoms with Crippen LogP contribution in [0.5, 0.6) is 0 Å². The van der Waals surface area contributed by atoms with Crippen molar-refractivity contribution in [3.8, 4) is 0 Å². The summed E-state index contributed by atoms with van der Waals surface area (Å²) in [5, 5.41) is 14.3. The lowest BCUT2D eigenvalue weighted by molar-refractivity contribution is 0.0164. The molecule has 1 aromatic heterocycles. The van der Waals surface area contributed by atoms with Crippen molar-refractivity contribution in [2.24, 2.45) is 0 Å². The molecule has 0 fully saturated rings. The van der Waals surface area contributed by atoms with Crippen LogP contribution in [0.4, 0.5) is 0 Å². The minimum atomic E-state index is -0.461. The summed E-state index contributed by atoms with van der Waals surface area (Å²) in [4.78, 5) is 6.19. The van der Waals surface area contributed by atoms with Gasteiger partial charge in [0.1, 0.15) is 12.2 Å². The van der Waals surface area contributed by atoms with Crippen molar-refractivity contribution in [2.75, 3.05) is 14.1 Å². The smallest absolute Gasteiger partial charge is 0.138 e. The zero-order valence-corrected chi connectivity index (χ0v) is 10.8. The molecule has 0 spiro atoms. The fourth-order valence-electron chi connectivity index (χ4n) is 1.43. The number of hydrogen-bond acceptors (Lipinski definition) is 4. The summed E-state index contributed by atoms with van der Waals surface area (Å²) in [6.45, 7) is 6.83. The lowest BCUT2D eigenvalue weighted by Gasteiger charge is -2.36. The molecule has 1 aromatic rings. The van der Waals surface area contributed by atoms with E-state index in [1.54, 1.807) is 0 Å². The largest absolute Gasteiger partial charge is 0.391 e. The van der Waals surface area contributed by atoms with Crippen LogP contribution in [0.1, 0.15) is 26.6 Å². The second-order valence-corrected chi connectivity index (χ2v) is 4.76. The molecule has 0 aliphatic carbocycles. The van der Waals surface area contributed by atoms with Crippen molar-refractivity contribution in [3.63, 3.8) is 0 Å². The fourth-order valence-corrected chi connectivity index (χ4v) is 1.43. The maximum Gasteiger partial charge on any atom is 0.138 e. The Morgan fingerprint density at radius 3 is 2.62 bits per heavy atom. The Balaban J connectivity index is 2.75. The molecule has 0 aromatic carbocycles. The first-order chi connectivity index (χ1) is 7.39. The third-order valence-electron chi connectivity index (χ3n) is 3.34. The van der Waals surface area contributed by atoms with E-state index in [0.29, 0.717) is 6.42 Å². The summed E-state index contributed by atoms with van der Waals surface area (Å²) in [5.41, 5.74) is -0.273. The van der Waals surface area contributed by atoms with Gasteiger partial charge < -0.3 is 10.0 Å². The monoisotopic (exact) mass is 226 g/mol. The Kier molecular flexibility index (Phi) is 4.04. The summed E-state index contributed by atoms with van der Waals surface area (Å²) < 4.78 is 1.81. The second kappa shape index (κ2) is 4.93. The molecule has 1 N–H and O–H groups in total. The van der Waals surface area contributed by atoms with E-state index in [0.717, 1.165) is 12.4 Å². The van der Waals surface area contributed by atoms with Crippen molar-refractivity contribution >= 4 is 0 Å². The van der Waals surface area contributed by atoms with Crippen LogP contribution in [0, 0.1) is 0 Å². The molecule has 1 rings (SSSR count). The molecule has 0 amide bonds. The number of hydrogen-bond donors (Lipinski definition) is 1. The van der Waals surface area contributed by atoms with Crippen LogP contribution in [0.25, 0.3) is 0 Å². The molecule has 1 atom stereocenters. The zero-order chi connectivity index (χ0) is 12.3. The topological polar surface area (TPSA) is 54.2 Å². The average Bonchev–Trinajstić information content (AvgIpc) is 2.64. The second-order valence-electron chi connectivity index (χ2n) is 4.76. The highest BCUT2D eigenvalue weighted by atomic mass is 16.3. The fraction of sp³-hybridized carbons (Fsp3) is 0.818. The van der Waals surface area contributed by atoms with E-state index in [4.69, 9.17) is 0 Å². The Labute approximate surface area is 97.1 Å². The number of aliphatic hydroxyl groups excluding tert-OH is 1. The van der Waals surface area contributed by atoms with Gasteiger partial charge in [-0.3, -0.25) is 4.68 Å². The van der Waals surface area contributed by atoms with E-state index in [-0.39, 0.29) is 5.54 Å². The molecular formula is C11H22N4O. The van der Waals surface area contributed by atoms with Crippen molar-refractivity contribution in [1.82, 2.24) is 19.7 Å². The van der Waals surface area contributed by atoms with Crippen LogP contribution >= 0.6 is 0 Å². The predicted molar refractivity (Wildman–Crippen MR) is 63.2 cm³/mol. The van der Waals surface area contributed by atoms with Gasteiger partial charge in [-0.25, -0.2) is 4.98 Å². The van der Waals surface area contributed by atoms with Crippen molar-refractivity contribution < 1.29 is 5.11 Å². The highest BCUT2D eigenvalue weighted by molar-refractivity contribution is 4.95. The Morgan fingerprint density at radius 1 is 1.50 bits per heavy atom. The average molecular weight is 226 g/mol. The van der Waals surface area contributed by atoms with E-state index in [1.807, 2.05) is 44.4 Å². The van der Waals surface area contributed by atoms with Crippen LogP contribution in [0.15, 0.2) is 6.33 Å². The summed E-state index contributed by atoms with van der Waals surface area (Å²) in [6, 6.07) is 0. The van der Waals surface area contributed by atoms with Crippen molar-refractivity contribution in [2.45, 2.75) is 45.4 Å². The van der Waals surface area contributed by atoms with E-state index in [9.17, 15) is 5.11 Å². The molecule has 5 nitrogen and oxygen atoms in total. The first-order valence-corrected chi connectivity index (χ1v) is 5.61. The molecule has 5 heteroatoms. The minimum Gasteiger partial charge on any atom is -0.391 e. The third-order valence-corrected chi connectivity index (χ3v) is 3.34. The van der Waals surface area contributed by atoms with Crippen LogP contribution in [-0.2, 0) is 13.0 Å². The zero-order valence-electron chi connectivity index (χ0n) is 10.8. The number of rotatable bonds is 5. The molecule has 0 aliphatic heterocycles. The Morgan fingerprint density at radius 2 is 2.12 bits per heavy atom. The lowest BCUT2D eigenvalue weighted by Crippen LogP contribution is -2.49. The summed E-state index contributed by atoms with van der Waals surface area (Å²) in [6.07, 6.45) is 1.60. The molecule has 92 valence electrons. The molecule has 0 bridgehead atoms. The van der Waals surface area contributed by atoms with Crippen LogP contribution in [-0.4, -0.2) is 50.5 Å². The summed E-state index contributed by atoms with van der Waals surface area (Å²) in [7, 11) is 3.93. The minimum absolute atomic E-state index is 0.273. The molecular weight excluding hydrogens is 204 g/mol. The highest BCUT2D eigenvalue weighted by Gasteiger charge is 2.31. The number of aryl methyl sites for hydroxylation is 1. The maximum atomic E-state index is 10.2. The van der Waals surface area contributed by atoms with Crippen molar-refractivity contribution in [1.29, 1.82) is 0 Å². The Bertz CT molecular complexity index is 332. The number of aromatic nitrogens is 3. The van der Waals surface area contributed by atoms with Crippen LogP contribution in [0.2, 0.25) is 0 Å². The summed E-state index contributed by atoms with van der Waals surface area (Å²) in [5.74, 6) is 0.838. The van der Waals surface area contributed by atoms with Gasteiger partial charge in [-0.1, -0.05) is 0 Å². The standard InChI is InChI=1S/C11H22N4O/c1-6-15-10(12-8-13-15)7-9(16)11(2,3)14(4)5/h8-9,16H,6-7H2,1-5H3. The summed E-state index contributed by atoms with van der Waals surface area (Å²) >= 11 is 0. The van der Waals surface area contributed by atoms with E-state index in [1.165, 1.54) is 6.33 Å². The van der Waals surface area contributed by atoms with Gasteiger partial charge in [0.2, 0.25) is 0 Å². The van der Waals surface area contributed by atoms with Crippen LogP contribution < -0.4 is 0 Å². The van der Waals surface area contributed by atoms with Gasteiger partial charge in [0.15, 0.2) is 0 Å². The molecule has 0 saturated heterocycles. The van der Waals surface area contributed by atoms with Gasteiger partial charge in [-0.2, -0.15) is 5.10 Å². The number of likely N-dealkylation sites (N-methyl/N-ethyl adjacent to an activating group) is 1. The van der Waals surface area contributed by atoms with Gasteiger partial charge in [-0.05, 0) is 34.9 Å². The van der Waals surface area contributed by atoms with E-state index < -0.39 is 6.10 Å². The highest BCUT2D eigenvalue weighted by Crippen LogP contribution is 2.18. The normalized spacial score (nSPS) is 14.4. The quantitative estimate of drug-likeness (QED) is 0.796. The molecule has 16 heavy (non-hydrogen) atoms. The van der Waals surface area contributed by atoms with Crippen LogP contribution in [0.3, 0.4) is 0 Å². The molecule has 0 saturated carbocycles. The lowest BCUT2D eigenvalue weighted by atomic mass is 9.93. The molecule has 1 unspecified atom stereocenters. The molecule has 1 heterocycles. The molecule has 0 radical (unpaired) electrons. The van der Waals surface area contributed by atoms with E-state index in [2.05, 4.69) is 10.1 Å². The van der Waals surface area contributed by atoms with E-state index >= 15 is 0 Å². The first kappa shape index (κ1) is 13.1. The van der Waals surface area contributed by atoms with Gasteiger partial charge in [-0.15, -0.1) is 0 Å². The van der Waals surface area contributed by atoms with Gasteiger partial charge in [0, 0.05) is 18.5 Å². The van der Waals surface area contributed by atoms with Crippen molar-refractivity contribution in [3.05, 3.63) is 12.2 Å². The van der Waals surface area contributed by atoms with Gasteiger partial charge in [0.05, 0.1) is 6.10 Å². The maximum absolute atomic E-state index is 10.2. The Hall–Kier alpha value is -0.940. The molecule has 0 aliphatic rings. The number of aliphatic hydroxyl groups is 1. The first-order valence-electron chi connectivity index (χ1n) is 5.61. The third kappa shape index (κ3) is 2.59. The van der Waals surface area contributed by atoms with Gasteiger partial charge in [0.25, 0.3) is 0 Å². The van der Waals surface area contributed by atoms with Gasteiger partial charge >= 0.3 is 0 Å². The SMILES string of the molecule is CCn1ncnc1CC(O)C(C)(C)N(C)C. The number of nitrogens with zero attached hydrogens (tertiary/aromatic N) is 4.